The number of esters is 2. The molecule has 0 fully saturated rings. The van der Waals surface area contributed by atoms with Crippen molar-refractivity contribution in [3.05, 3.63) is 122 Å². The van der Waals surface area contributed by atoms with Crippen molar-refractivity contribution in [2.75, 3.05) is 47.5 Å². The number of nitrogens with zero attached hydrogens (tertiary/aromatic N) is 1. The normalized spacial score (nSPS) is 14.7. The van der Waals surface area contributed by atoms with E-state index in [1.165, 1.54) is 0 Å². The molecule has 10 heteroatoms. The van der Waals surface area contributed by atoms with Crippen molar-refractivity contribution in [2.45, 2.75) is 136 Å². The van der Waals surface area contributed by atoms with Gasteiger partial charge < -0.3 is 18.9 Å². The van der Waals surface area contributed by atoms with Crippen LogP contribution in [0, 0.1) is 0 Å². The third kappa shape index (κ3) is 44.0. The van der Waals surface area contributed by atoms with Gasteiger partial charge in [-0.25, -0.2) is 4.57 Å². The molecule has 0 saturated carbocycles. The maximum atomic E-state index is 12.7. The first-order valence-electron chi connectivity index (χ1n) is 22.3. The summed E-state index contributed by atoms with van der Waals surface area (Å²) in [7, 11) is 1.39. The van der Waals surface area contributed by atoms with Crippen LogP contribution in [-0.4, -0.2) is 74.9 Å². The van der Waals surface area contributed by atoms with Crippen LogP contribution in [0.2, 0.25) is 0 Å². The average Bonchev–Trinajstić information content (AvgIpc) is 3.20. The molecular weight excluding hydrogens is 774 g/mol. The Morgan fingerprint density at radius 1 is 0.517 bits per heavy atom. The molecule has 0 aliphatic heterocycles. The van der Waals surface area contributed by atoms with Gasteiger partial charge in [-0.05, 0) is 89.9 Å². The number of carbonyl (C=O) groups is 2. The number of hydrogen-bond acceptors (Lipinski definition) is 7. The fraction of sp³-hybridized carbons (Fsp3) is 0.560. The Bertz CT molecular complexity index is 1430. The smallest absolute Gasteiger partial charge is 0.462 e. The number of likely N-dealkylation sites (N-methyl/N-ethyl adjacent to an activating group) is 1. The van der Waals surface area contributed by atoms with E-state index in [1.54, 1.807) is 0 Å². The summed E-state index contributed by atoms with van der Waals surface area (Å²) in [4.78, 5) is 35.4. The summed E-state index contributed by atoms with van der Waals surface area (Å²) in [5.41, 5.74) is 0. The van der Waals surface area contributed by atoms with Gasteiger partial charge >= 0.3 is 19.8 Å². The summed E-state index contributed by atoms with van der Waals surface area (Å²) in [5.74, 6) is -0.939. The van der Waals surface area contributed by atoms with Crippen molar-refractivity contribution in [1.29, 1.82) is 0 Å². The van der Waals surface area contributed by atoms with Gasteiger partial charge in [-0.2, -0.15) is 0 Å². The molecule has 0 heterocycles. The van der Waals surface area contributed by atoms with Crippen LogP contribution in [-0.2, 0) is 32.7 Å². The van der Waals surface area contributed by atoms with Crippen LogP contribution in [0.4, 0.5) is 0 Å². The number of hydrogen-bond donors (Lipinski definition) is 1. The van der Waals surface area contributed by atoms with Crippen LogP contribution < -0.4 is 0 Å². The van der Waals surface area contributed by atoms with Crippen LogP contribution in [0.25, 0.3) is 0 Å². The molecule has 0 bridgehead atoms. The molecular formula is C50H81NO8P+. The van der Waals surface area contributed by atoms with Crippen LogP contribution in [0.5, 0.6) is 0 Å². The lowest BCUT2D eigenvalue weighted by atomic mass is 10.1. The largest absolute Gasteiger partial charge is 0.472 e. The zero-order chi connectivity index (χ0) is 44.3. The summed E-state index contributed by atoms with van der Waals surface area (Å²) in [6.45, 7) is 4.04. The second-order valence-electron chi connectivity index (χ2n) is 15.3. The van der Waals surface area contributed by atoms with E-state index < -0.39 is 32.5 Å². The highest BCUT2D eigenvalue weighted by Gasteiger charge is 2.27. The van der Waals surface area contributed by atoms with E-state index in [2.05, 4.69) is 123 Å². The zero-order valence-electron chi connectivity index (χ0n) is 37.9. The quantitative estimate of drug-likeness (QED) is 0.0215. The third-order valence-corrected chi connectivity index (χ3v) is 9.48. The van der Waals surface area contributed by atoms with Crippen LogP contribution in [0.1, 0.15) is 129 Å². The molecule has 0 aromatic heterocycles. The summed E-state index contributed by atoms with van der Waals surface area (Å²) >= 11 is 0. The first-order chi connectivity index (χ1) is 29.0. The Morgan fingerprint density at radius 3 is 1.38 bits per heavy atom. The molecule has 0 spiro atoms. The summed E-state index contributed by atoms with van der Waals surface area (Å²) < 4.78 is 34.2. The molecule has 1 N–H and O–H groups in total. The fourth-order valence-corrected chi connectivity index (χ4v) is 5.83. The number of phosphoric acid groups is 1. The predicted molar refractivity (Wildman–Crippen MR) is 251 cm³/mol. The lowest BCUT2D eigenvalue weighted by Gasteiger charge is -2.24. The lowest BCUT2D eigenvalue weighted by molar-refractivity contribution is -0.870. The van der Waals surface area contributed by atoms with Crippen molar-refractivity contribution in [3.63, 3.8) is 0 Å². The van der Waals surface area contributed by atoms with E-state index in [1.807, 2.05) is 33.3 Å². The minimum absolute atomic E-state index is 0.00607. The molecule has 60 heavy (non-hydrogen) atoms. The third-order valence-electron chi connectivity index (χ3n) is 8.50. The van der Waals surface area contributed by atoms with Crippen molar-refractivity contribution in [1.82, 2.24) is 0 Å². The molecule has 0 radical (unpaired) electrons. The Kier molecular flexibility index (Phi) is 38.4. The predicted octanol–water partition coefficient (Wildman–Crippen LogP) is 12.9. The minimum Gasteiger partial charge on any atom is -0.462 e. The Hall–Kier alpha value is -3.59. The van der Waals surface area contributed by atoms with Crippen LogP contribution in [0.15, 0.2) is 122 Å². The van der Waals surface area contributed by atoms with E-state index in [-0.39, 0.29) is 26.1 Å². The van der Waals surface area contributed by atoms with E-state index in [0.29, 0.717) is 23.9 Å². The van der Waals surface area contributed by atoms with Gasteiger partial charge in [-0.3, -0.25) is 18.6 Å². The molecule has 0 rings (SSSR count). The maximum Gasteiger partial charge on any atom is 0.472 e. The van der Waals surface area contributed by atoms with Crippen molar-refractivity contribution in [3.8, 4) is 0 Å². The van der Waals surface area contributed by atoms with Crippen LogP contribution in [0.3, 0.4) is 0 Å². The molecule has 2 atom stereocenters. The number of carbonyl (C=O) groups excluding carboxylic acids is 2. The van der Waals surface area contributed by atoms with E-state index in [4.69, 9.17) is 18.5 Å². The highest BCUT2D eigenvalue weighted by Crippen LogP contribution is 2.43. The lowest BCUT2D eigenvalue weighted by Crippen LogP contribution is -2.37. The van der Waals surface area contributed by atoms with Gasteiger partial charge in [0.2, 0.25) is 0 Å². The Balaban J connectivity index is 4.56. The van der Waals surface area contributed by atoms with Gasteiger partial charge in [-0.15, -0.1) is 0 Å². The SMILES string of the molecule is CC/C=C\C/C=C\C/C=C\C/C=C\C/C=C\C/C=C\CCC(=O)O[C@H](COC(=O)CCCCCC/C=C\C/C=C\C/C=C\C/C=C\CC)COP(=O)(O)OCC[N+](C)(C)C. The number of unbranched alkanes of at least 4 members (excludes halogenated alkanes) is 4. The monoisotopic (exact) mass is 855 g/mol. The van der Waals surface area contributed by atoms with Gasteiger partial charge in [-0.1, -0.05) is 148 Å². The molecule has 0 saturated heterocycles. The van der Waals surface area contributed by atoms with Gasteiger partial charge in [0.25, 0.3) is 0 Å². The van der Waals surface area contributed by atoms with E-state index in [9.17, 15) is 19.0 Å². The topological polar surface area (TPSA) is 108 Å². The standard InChI is InChI=1S/C50H80NO8P/c1-6-8-10-12-14-16-18-20-22-24-25-27-29-31-33-35-37-39-41-43-50(53)59-48(47-58-60(54,55)57-45-44-51(3,4)5)46-56-49(52)42-40-38-36-34-32-30-28-26-23-21-19-17-15-13-11-9-7-2/h8-11,14-17,20-23,25,27-28,30-31,33,37,39,48H,6-7,12-13,18-19,24,26,29,32,34-36,38,40-47H2,1-5H3/p+1/b10-8-,11-9-,16-14-,17-15-,22-20-,23-21-,27-25-,30-28-,33-31-,39-37-/t48-/m1/s1. The number of allylic oxidation sites excluding steroid dienone is 20. The maximum absolute atomic E-state index is 12.7. The summed E-state index contributed by atoms with van der Waals surface area (Å²) in [5, 5.41) is 0. The first-order valence-corrected chi connectivity index (χ1v) is 23.8. The number of quaternary nitrogens is 1. The number of ether oxygens (including phenoxy) is 2. The Morgan fingerprint density at radius 2 is 0.933 bits per heavy atom. The Labute approximate surface area is 365 Å². The number of phosphoric ester groups is 1. The van der Waals surface area contributed by atoms with E-state index >= 15 is 0 Å². The average molecular weight is 855 g/mol. The van der Waals surface area contributed by atoms with Crippen molar-refractivity contribution < 1.29 is 42.1 Å². The molecule has 0 aliphatic carbocycles. The fourth-order valence-electron chi connectivity index (χ4n) is 5.09. The molecule has 1 unspecified atom stereocenters. The second-order valence-corrected chi connectivity index (χ2v) is 16.8. The van der Waals surface area contributed by atoms with Crippen molar-refractivity contribution in [2.24, 2.45) is 0 Å². The molecule has 9 nitrogen and oxygen atoms in total. The summed E-state index contributed by atoms with van der Waals surface area (Å²) in [6.07, 6.45) is 56.9. The van der Waals surface area contributed by atoms with E-state index in [0.717, 1.165) is 89.9 Å². The summed E-state index contributed by atoms with van der Waals surface area (Å²) in [6, 6.07) is 0. The second kappa shape index (κ2) is 40.8. The molecule has 0 aliphatic rings. The van der Waals surface area contributed by atoms with Gasteiger partial charge in [0.1, 0.15) is 19.8 Å². The molecule has 338 valence electrons. The highest BCUT2D eigenvalue weighted by molar-refractivity contribution is 7.47. The highest BCUT2D eigenvalue weighted by atomic mass is 31.2. The van der Waals surface area contributed by atoms with Crippen molar-refractivity contribution >= 4 is 19.8 Å². The van der Waals surface area contributed by atoms with Gasteiger partial charge in [0.15, 0.2) is 6.10 Å². The van der Waals surface area contributed by atoms with Gasteiger partial charge in [0.05, 0.1) is 27.7 Å². The molecule has 0 aromatic carbocycles. The van der Waals surface area contributed by atoms with Crippen LogP contribution >= 0.6 is 7.82 Å². The number of rotatable bonds is 38. The zero-order valence-corrected chi connectivity index (χ0v) is 38.8. The molecule has 0 amide bonds. The first kappa shape index (κ1) is 56.4. The van der Waals surface area contributed by atoms with Gasteiger partial charge in [0, 0.05) is 12.8 Å². The molecule has 0 aromatic rings. The minimum atomic E-state index is -4.41.